The molecule has 0 saturated heterocycles. The molecule has 3 rings (SSSR count). The van der Waals surface area contributed by atoms with E-state index in [1.165, 1.54) is 0 Å². The zero-order valence-corrected chi connectivity index (χ0v) is 14.7. The minimum atomic E-state index is -3.54. The predicted molar refractivity (Wildman–Crippen MR) is 97.0 cm³/mol. The number of hydrogen-bond acceptors (Lipinski definition) is 4. The quantitative estimate of drug-likeness (QED) is 0.745. The number of hydrogen-bond donors (Lipinski definition) is 1. The molecule has 1 N–H and O–H groups in total. The van der Waals surface area contributed by atoms with Gasteiger partial charge in [0.1, 0.15) is 0 Å². The van der Waals surface area contributed by atoms with Crippen molar-refractivity contribution in [3.63, 3.8) is 0 Å². The highest BCUT2D eigenvalue weighted by Gasteiger charge is 2.22. The molecule has 0 aliphatic carbocycles. The standard InChI is InChI=1S/C18H21N3O2S/c1-3-21(4-2)17-12-8-5-9-14(17)13-24(22,23)18-19-15-10-6-7-11-16(15)20-18/h5-12H,3-4,13H2,1-2H3,(H,19,20). The molecule has 24 heavy (non-hydrogen) atoms. The molecule has 0 aliphatic heterocycles. The second kappa shape index (κ2) is 6.65. The van der Waals surface area contributed by atoms with Crippen LogP contribution in [-0.4, -0.2) is 31.5 Å². The maximum Gasteiger partial charge on any atom is 0.226 e. The second-order valence-electron chi connectivity index (χ2n) is 5.62. The van der Waals surface area contributed by atoms with Crippen molar-refractivity contribution in [1.82, 2.24) is 9.97 Å². The number of aromatic amines is 1. The van der Waals surface area contributed by atoms with E-state index in [0.29, 0.717) is 5.52 Å². The van der Waals surface area contributed by atoms with Crippen LogP contribution >= 0.6 is 0 Å². The van der Waals surface area contributed by atoms with Crippen LogP contribution in [0.5, 0.6) is 0 Å². The molecule has 0 unspecified atom stereocenters. The van der Waals surface area contributed by atoms with Gasteiger partial charge < -0.3 is 9.88 Å². The fraction of sp³-hybridized carbons (Fsp3) is 0.278. The molecule has 1 heterocycles. The van der Waals surface area contributed by atoms with Gasteiger partial charge in [0, 0.05) is 18.8 Å². The van der Waals surface area contributed by atoms with Crippen molar-refractivity contribution in [2.24, 2.45) is 0 Å². The molecule has 3 aromatic rings. The number of rotatable bonds is 6. The average molecular weight is 343 g/mol. The number of sulfone groups is 1. The Bertz CT molecular complexity index is 911. The first-order valence-electron chi connectivity index (χ1n) is 8.05. The summed E-state index contributed by atoms with van der Waals surface area (Å²) < 4.78 is 25.6. The van der Waals surface area contributed by atoms with Gasteiger partial charge >= 0.3 is 0 Å². The van der Waals surface area contributed by atoms with Gasteiger partial charge in [-0.2, -0.15) is 0 Å². The van der Waals surface area contributed by atoms with Gasteiger partial charge in [0.25, 0.3) is 0 Å². The van der Waals surface area contributed by atoms with Gasteiger partial charge in [-0.3, -0.25) is 0 Å². The SMILES string of the molecule is CCN(CC)c1ccccc1CS(=O)(=O)c1nc2ccccc2[nH]1. The summed E-state index contributed by atoms with van der Waals surface area (Å²) in [7, 11) is -3.54. The van der Waals surface area contributed by atoms with Crippen molar-refractivity contribution in [3.8, 4) is 0 Å². The number of H-pyrrole nitrogens is 1. The third-order valence-corrected chi connectivity index (χ3v) is 5.58. The lowest BCUT2D eigenvalue weighted by Gasteiger charge is -2.23. The molecular formula is C18H21N3O2S. The Morgan fingerprint density at radius 2 is 1.67 bits per heavy atom. The van der Waals surface area contributed by atoms with E-state index >= 15 is 0 Å². The van der Waals surface area contributed by atoms with E-state index in [0.717, 1.165) is 29.9 Å². The topological polar surface area (TPSA) is 66.1 Å². The lowest BCUT2D eigenvalue weighted by atomic mass is 10.2. The van der Waals surface area contributed by atoms with Gasteiger partial charge in [-0.05, 0) is 37.6 Å². The Kier molecular flexibility index (Phi) is 4.57. The first-order chi connectivity index (χ1) is 11.5. The number of nitrogens with one attached hydrogen (secondary N) is 1. The predicted octanol–water partition coefficient (Wildman–Crippen LogP) is 3.38. The van der Waals surface area contributed by atoms with E-state index < -0.39 is 9.84 Å². The van der Waals surface area contributed by atoms with Crippen LogP contribution < -0.4 is 4.90 Å². The zero-order valence-electron chi connectivity index (χ0n) is 13.9. The van der Waals surface area contributed by atoms with Crippen LogP contribution in [0.1, 0.15) is 19.4 Å². The van der Waals surface area contributed by atoms with Crippen LogP contribution in [0.15, 0.2) is 53.7 Å². The van der Waals surface area contributed by atoms with Crippen molar-refractivity contribution in [2.75, 3.05) is 18.0 Å². The first kappa shape index (κ1) is 16.5. The number of nitrogens with zero attached hydrogens (tertiary/aromatic N) is 2. The normalized spacial score (nSPS) is 11.8. The summed E-state index contributed by atoms with van der Waals surface area (Å²) >= 11 is 0. The zero-order chi connectivity index (χ0) is 17.2. The van der Waals surface area contributed by atoms with Crippen LogP contribution in [-0.2, 0) is 15.6 Å². The molecule has 5 nitrogen and oxygen atoms in total. The Balaban J connectivity index is 1.98. The van der Waals surface area contributed by atoms with Crippen LogP contribution in [0.3, 0.4) is 0 Å². The smallest absolute Gasteiger partial charge is 0.226 e. The summed E-state index contributed by atoms with van der Waals surface area (Å²) in [6.07, 6.45) is 0. The number of para-hydroxylation sites is 3. The molecule has 1 aromatic heterocycles. The van der Waals surface area contributed by atoms with Crippen molar-refractivity contribution in [3.05, 3.63) is 54.1 Å². The molecule has 0 atom stereocenters. The molecule has 0 aliphatic rings. The number of fused-ring (bicyclic) bond motifs is 1. The lowest BCUT2D eigenvalue weighted by Crippen LogP contribution is -2.23. The maximum absolute atomic E-state index is 12.8. The Morgan fingerprint density at radius 1 is 1.00 bits per heavy atom. The van der Waals surface area contributed by atoms with E-state index in [1.54, 1.807) is 6.07 Å². The van der Waals surface area contributed by atoms with E-state index in [9.17, 15) is 8.42 Å². The van der Waals surface area contributed by atoms with E-state index in [1.807, 2.05) is 42.5 Å². The largest absolute Gasteiger partial charge is 0.372 e. The van der Waals surface area contributed by atoms with Crippen LogP contribution in [0.4, 0.5) is 5.69 Å². The number of benzene rings is 2. The Morgan fingerprint density at radius 3 is 2.38 bits per heavy atom. The highest BCUT2D eigenvalue weighted by molar-refractivity contribution is 7.90. The van der Waals surface area contributed by atoms with Crippen molar-refractivity contribution in [2.45, 2.75) is 24.8 Å². The molecule has 2 aromatic carbocycles. The van der Waals surface area contributed by atoms with Crippen LogP contribution in [0.2, 0.25) is 0 Å². The molecule has 126 valence electrons. The minimum Gasteiger partial charge on any atom is -0.372 e. The van der Waals surface area contributed by atoms with E-state index in [-0.39, 0.29) is 10.9 Å². The molecule has 0 radical (unpaired) electrons. The molecule has 0 spiro atoms. The van der Waals surface area contributed by atoms with Gasteiger partial charge in [0.05, 0.1) is 16.8 Å². The van der Waals surface area contributed by atoms with Gasteiger partial charge in [0.2, 0.25) is 15.0 Å². The minimum absolute atomic E-state index is 0.0260. The molecule has 0 fully saturated rings. The Labute approximate surface area is 142 Å². The fourth-order valence-corrected chi connectivity index (χ4v) is 4.15. The van der Waals surface area contributed by atoms with Crippen LogP contribution in [0.25, 0.3) is 11.0 Å². The summed E-state index contributed by atoms with van der Waals surface area (Å²) in [5.74, 6) is -0.0699. The molecular weight excluding hydrogens is 322 g/mol. The van der Waals surface area contributed by atoms with Gasteiger partial charge in [-0.1, -0.05) is 30.3 Å². The number of imidazole rings is 1. The molecule has 0 amide bonds. The van der Waals surface area contributed by atoms with Crippen molar-refractivity contribution < 1.29 is 8.42 Å². The summed E-state index contributed by atoms with van der Waals surface area (Å²) in [5.41, 5.74) is 3.14. The number of anilines is 1. The highest BCUT2D eigenvalue weighted by Crippen LogP contribution is 2.25. The van der Waals surface area contributed by atoms with Crippen molar-refractivity contribution >= 4 is 26.6 Å². The summed E-state index contributed by atoms with van der Waals surface area (Å²) in [4.78, 5) is 9.31. The van der Waals surface area contributed by atoms with Crippen molar-refractivity contribution in [1.29, 1.82) is 0 Å². The fourth-order valence-electron chi connectivity index (χ4n) is 2.86. The van der Waals surface area contributed by atoms with Gasteiger partial charge in [0.15, 0.2) is 0 Å². The molecule has 0 saturated carbocycles. The summed E-state index contributed by atoms with van der Waals surface area (Å²) in [5, 5.41) is 0.0260. The molecule has 0 bridgehead atoms. The first-order valence-corrected chi connectivity index (χ1v) is 9.70. The number of aromatic nitrogens is 2. The summed E-state index contributed by atoms with van der Waals surface area (Å²) in [6.45, 7) is 5.79. The highest BCUT2D eigenvalue weighted by atomic mass is 32.2. The van der Waals surface area contributed by atoms with Gasteiger partial charge in [-0.15, -0.1) is 0 Å². The lowest BCUT2D eigenvalue weighted by molar-refractivity contribution is 0.588. The third-order valence-electron chi connectivity index (χ3n) is 4.10. The maximum atomic E-state index is 12.8. The van der Waals surface area contributed by atoms with E-state index in [2.05, 4.69) is 28.7 Å². The summed E-state index contributed by atoms with van der Waals surface area (Å²) in [6, 6.07) is 15.0. The van der Waals surface area contributed by atoms with Gasteiger partial charge in [-0.25, -0.2) is 13.4 Å². The van der Waals surface area contributed by atoms with Crippen LogP contribution in [0, 0.1) is 0 Å². The Hall–Kier alpha value is -2.34. The third kappa shape index (κ3) is 3.14. The monoisotopic (exact) mass is 343 g/mol. The second-order valence-corrected chi connectivity index (χ2v) is 7.52. The van der Waals surface area contributed by atoms with E-state index in [4.69, 9.17) is 0 Å². The molecule has 6 heteroatoms. The average Bonchev–Trinajstić information content (AvgIpc) is 3.02.